The Labute approximate surface area is 136 Å². The Morgan fingerprint density at radius 1 is 0.864 bits per heavy atom. The van der Waals surface area contributed by atoms with E-state index in [4.69, 9.17) is 0 Å². The zero-order valence-electron chi connectivity index (χ0n) is 14.8. The second-order valence-electron chi connectivity index (χ2n) is 9.90. The summed E-state index contributed by atoms with van der Waals surface area (Å²) in [6.45, 7) is 7.57. The molecule has 0 amide bonds. The van der Waals surface area contributed by atoms with E-state index in [0.717, 1.165) is 29.6 Å². The van der Waals surface area contributed by atoms with Crippen LogP contribution in [0.15, 0.2) is 0 Å². The van der Waals surface area contributed by atoms with Crippen molar-refractivity contribution in [1.29, 1.82) is 0 Å². The minimum atomic E-state index is 0.341. The molecule has 124 valence electrons. The van der Waals surface area contributed by atoms with Crippen LogP contribution in [0.1, 0.15) is 78.6 Å². The van der Waals surface area contributed by atoms with Crippen LogP contribution < -0.4 is 0 Å². The molecular formula is C21H34O. The van der Waals surface area contributed by atoms with Crippen molar-refractivity contribution in [2.75, 3.05) is 0 Å². The number of aldehydes is 1. The monoisotopic (exact) mass is 302 g/mol. The van der Waals surface area contributed by atoms with Gasteiger partial charge in [0, 0.05) is 5.92 Å². The van der Waals surface area contributed by atoms with E-state index in [1.165, 1.54) is 64.1 Å². The van der Waals surface area contributed by atoms with Crippen LogP contribution in [0.4, 0.5) is 0 Å². The predicted octanol–water partition coefficient (Wildman–Crippen LogP) is 5.48. The molecule has 0 saturated heterocycles. The fourth-order valence-electron chi connectivity index (χ4n) is 7.74. The van der Waals surface area contributed by atoms with Gasteiger partial charge in [0.2, 0.25) is 0 Å². The summed E-state index contributed by atoms with van der Waals surface area (Å²) in [6, 6.07) is 0. The van der Waals surface area contributed by atoms with Crippen LogP contribution in [-0.4, -0.2) is 6.29 Å². The fourth-order valence-corrected chi connectivity index (χ4v) is 7.74. The van der Waals surface area contributed by atoms with Crippen molar-refractivity contribution >= 4 is 6.29 Å². The molecule has 0 aliphatic heterocycles. The van der Waals surface area contributed by atoms with E-state index in [0.29, 0.717) is 16.7 Å². The quantitative estimate of drug-likeness (QED) is 0.586. The number of rotatable bonds is 1. The average Bonchev–Trinajstić information content (AvgIpc) is 2.84. The normalized spacial score (nSPS) is 57.6. The first-order valence-electron chi connectivity index (χ1n) is 9.94. The van der Waals surface area contributed by atoms with E-state index in [9.17, 15) is 4.79 Å². The van der Waals surface area contributed by atoms with Gasteiger partial charge in [-0.1, -0.05) is 27.2 Å². The molecule has 0 aromatic rings. The summed E-state index contributed by atoms with van der Waals surface area (Å²) < 4.78 is 0. The third-order valence-corrected chi connectivity index (χ3v) is 9.17. The topological polar surface area (TPSA) is 17.1 Å². The third kappa shape index (κ3) is 1.93. The number of fused-ring (bicyclic) bond motifs is 5. The molecule has 4 rings (SSSR count). The van der Waals surface area contributed by atoms with Crippen molar-refractivity contribution in [2.45, 2.75) is 78.6 Å². The summed E-state index contributed by atoms with van der Waals surface area (Å²) in [4.78, 5) is 11.6. The van der Waals surface area contributed by atoms with Gasteiger partial charge in [0.1, 0.15) is 6.29 Å². The van der Waals surface area contributed by atoms with E-state index in [2.05, 4.69) is 20.8 Å². The molecule has 3 unspecified atom stereocenters. The molecule has 0 bridgehead atoms. The van der Waals surface area contributed by atoms with E-state index in [1.807, 2.05) is 0 Å². The SMILES string of the molecule is C[C@H]1CC[C@@]2(C)C(CC[C@@H]3C2CC[C@@]2(C)C3CC[C@@H]2C=O)C1. The molecule has 8 atom stereocenters. The number of carbonyl (C=O) groups is 1. The lowest BCUT2D eigenvalue weighted by Gasteiger charge is -2.61. The van der Waals surface area contributed by atoms with Crippen LogP contribution in [0.3, 0.4) is 0 Å². The van der Waals surface area contributed by atoms with Gasteiger partial charge >= 0.3 is 0 Å². The number of hydrogen-bond donors (Lipinski definition) is 0. The van der Waals surface area contributed by atoms with Gasteiger partial charge in [-0.25, -0.2) is 0 Å². The van der Waals surface area contributed by atoms with Crippen LogP contribution in [0.2, 0.25) is 0 Å². The summed E-state index contributed by atoms with van der Waals surface area (Å²) in [6.07, 6.45) is 13.9. The summed E-state index contributed by atoms with van der Waals surface area (Å²) in [7, 11) is 0. The Balaban J connectivity index is 1.62. The third-order valence-electron chi connectivity index (χ3n) is 9.17. The van der Waals surface area contributed by atoms with Crippen molar-refractivity contribution in [3.8, 4) is 0 Å². The van der Waals surface area contributed by atoms with E-state index < -0.39 is 0 Å². The van der Waals surface area contributed by atoms with Gasteiger partial charge in [0.25, 0.3) is 0 Å². The molecule has 1 heteroatoms. The second-order valence-corrected chi connectivity index (χ2v) is 9.90. The Morgan fingerprint density at radius 3 is 2.36 bits per heavy atom. The molecule has 0 radical (unpaired) electrons. The second kappa shape index (κ2) is 5.08. The lowest BCUT2D eigenvalue weighted by Crippen LogP contribution is -2.53. The Hall–Kier alpha value is -0.330. The molecule has 0 N–H and O–H groups in total. The predicted molar refractivity (Wildman–Crippen MR) is 90.4 cm³/mol. The van der Waals surface area contributed by atoms with Gasteiger partial charge in [-0.05, 0) is 91.8 Å². The van der Waals surface area contributed by atoms with E-state index in [1.54, 1.807) is 0 Å². The molecular weight excluding hydrogens is 268 g/mol. The van der Waals surface area contributed by atoms with E-state index >= 15 is 0 Å². The average molecular weight is 303 g/mol. The standard InChI is InChI=1S/C21H34O/c1-14-8-10-20(2)15(12-14)4-6-17-18-7-5-16(13-22)21(18,3)11-9-19(17)20/h13-19H,4-12H2,1-3H3/t14-,15?,16+,17-,18?,19?,20-,21+/m0/s1. The molecule has 22 heavy (non-hydrogen) atoms. The Bertz CT molecular complexity index is 457. The van der Waals surface area contributed by atoms with Gasteiger partial charge in [-0.15, -0.1) is 0 Å². The molecule has 0 heterocycles. The lowest BCUT2D eigenvalue weighted by atomic mass is 9.44. The van der Waals surface area contributed by atoms with Gasteiger partial charge in [-0.2, -0.15) is 0 Å². The maximum atomic E-state index is 11.6. The van der Waals surface area contributed by atoms with Crippen molar-refractivity contribution in [3.05, 3.63) is 0 Å². The van der Waals surface area contributed by atoms with Crippen molar-refractivity contribution in [3.63, 3.8) is 0 Å². The van der Waals surface area contributed by atoms with Crippen LogP contribution in [0.5, 0.6) is 0 Å². The summed E-state index contributed by atoms with van der Waals surface area (Å²) in [5.74, 6) is 5.04. The van der Waals surface area contributed by atoms with Crippen molar-refractivity contribution in [2.24, 2.45) is 46.3 Å². The van der Waals surface area contributed by atoms with Gasteiger partial charge in [-0.3, -0.25) is 0 Å². The highest BCUT2D eigenvalue weighted by molar-refractivity contribution is 5.56. The van der Waals surface area contributed by atoms with Crippen LogP contribution in [-0.2, 0) is 4.79 Å². The van der Waals surface area contributed by atoms with E-state index in [-0.39, 0.29) is 0 Å². The highest BCUT2D eigenvalue weighted by atomic mass is 16.1. The number of hydrogen-bond acceptors (Lipinski definition) is 1. The van der Waals surface area contributed by atoms with Crippen molar-refractivity contribution in [1.82, 2.24) is 0 Å². The molecule has 1 nitrogen and oxygen atoms in total. The minimum absolute atomic E-state index is 0.341. The van der Waals surface area contributed by atoms with Crippen LogP contribution in [0.25, 0.3) is 0 Å². The molecule has 0 aromatic carbocycles. The zero-order valence-corrected chi connectivity index (χ0v) is 14.8. The lowest BCUT2D eigenvalue weighted by molar-refractivity contribution is -0.128. The molecule has 4 aliphatic carbocycles. The molecule has 4 saturated carbocycles. The smallest absolute Gasteiger partial charge is 0.123 e. The molecule has 0 spiro atoms. The maximum absolute atomic E-state index is 11.6. The zero-order chi connectivity index (χ0) is 15.5. The highest BCUT2D eigenvalue weighted by Crippen LogP contribution is 2.67. The molecule has 4 fully saturated rings. The maximum Gasteiger partial charge on any atom is 0.123 e. The summed E-state index contributed by atoms with van der Waals surface area (Å²) in [5, 5.41) is 0. The summed E-state index contributed by atoms with van der Waals surface area (Å²) in [5.41, 5.74) is 0.962. The van der Waals surface area contributed by atoms with Crippen LogP contribution >= 0.6 is 0 Å². The first-order chi connectivity index (χ1) is 10.5. The molecule has 4 aliphatic rings. The fraction of sp³-hybridized carbons (Fsp3) is 0.952. The summed E-state index contributed by atoms with van der Waals surface area (Å²) >= 11 is 0. The van der Waals surface area contributed by atoms with Crippen LogP contribution in [0, 0.1) is 46.3 Å². The van der Waals surface area contributed by atoms with Gasteiger partial charge in [0.15, 0.2) is 0 Å². The largest absolute Gasteiger partial charge is 0.303 e. The minimum Gasteiger partial charge on any atom is -0.303 e. The molecule has 0 aromatic heterocycles. The first-order valence-corrected chi connectivity index (χ1v) is 9.94. The number of carbonyl (C=O) groups excluding carboxylic acids is 1. The first kappa shape index (κ1) is 15.2. The van der Waals surface area contributed by atoms with Gasteiger partial charge in [0.05, 0.1) is 0 Å². The Morgan fingerprint density at radius 2 is 1.59 bits per heavy atom. The van der Waals surface area contributed by atoms with Gasteiger partial charge < -0.3 is 4.79 Å². The Kier molecular flexibility index (Phi) is 3.51. The van der Waals surface area contributed by atoms with Crippen molar-refractivity contribution < 1.29 is 4.79 Å². The highest BCUT2D eigenvalue weighted by Gasteiger charge is 2.59.